The summed E-state index contributed by atoms with van der Waals surface area (Å²) in [5.41, 5.74) is 4.88. The van der Waals surface area contributed by atoms with E-state index in [2.05, 4.69) is 5.43 Å². The number of carboxylic acids is 1. The number of hydrogen-bond acceptors (Lipinski definition) is 6. The second kappa shape index (κ2) is 8.42. The van der Waals surface area contributed by atoms with E-state index >= 15 is 0 Å². The van der Waals surface area contributed by atoms with E-state index in [1.807, 2.05) is 12.1 Å². The molecule has 0 saturated heterocycles. The zero-order chi connectivity index (χ0) is 21.0. The van der Waals surface area contributed by atoms with Crippen molar-refractivity contribution >= 4 is 23.3 Å². The Morgan fingerprint density at radius 2 is 1.93 bits per heavy atom. The van der Waals surface area contributed by atoms with Gasteiger partial charge in [-0.05, 0) is 41.5 Å². The summed E-state index contributed by atoms with van der Waals surface area (Å²) in [6.07, 6.45) is 1.27. The number of nitrogens with one attached hydrogen (secondary N) is 1. The van der Waals surface area contributed by atoms with Crippen LogP contribution in [0, 0.1) is 10.1 Å². The number of carboxylic acid groups (broad SMARTS) is 1. The molecule has 0 fully saturated rings. The van der Waals surface area contributed by atoms with Crippen molar-refractivity contribution in [3.63, 3.8) is 0 Å². The molecule has 0 radical (unpaired) electrons. The Labute approximate surface area is 166 Å². The second-order valence-electron chi connectivity index (χ2n) is 6.38. The Morgan fingerprint density at radius 1 is 1.21 bits per heavy atom. The maximum atomic E-state index is 12.6. The van der Waals surface area contributed by atoms with Gasteiger partial charge in [-0.1, -0.05) is 12.1 Å². The van der Waals surface area contributed by atoms with Crippen LogP contribution >= 0.6 is 0 Å². The van der Waals surface area contributed by atoms with Gasteiger partial charge >= 0.3 is 5.97 Å². The van der Waals surface area contributed by atoms with Crippen LogP contribution in [0.1, 0.15) is 30.0 Å². The molecule has 2 N–H and O–H groups in total. The molecular weight excluding hydrogens is 378 g/mol. The van der Waals surface area contributed by atoms with Gasteiger partial charge in [-0.2, -0.15) is 0 Å². The van der Waals surface area contributed by atoms with Gasteiger partial charge in [0.25, 0.3) is 5.69 Å². The number of nitro benzene ring substituents is 1. The van der Waals surface area contributed by atoms with E-state index in [0.29, 0.717) is 17.0 Å². The minimum atomic E-state index is -1.08. The molecule has 1 atom stereocenters. The molecule has 1 aliphatic heterocycles. The number of aliphatic carboxylic acids is 1. The Hall–Kier alpha value is -3.88. The van der Waals surface area contributed by atoms with Gasteiger partial charge in [0.2, 0.25) is 5.91 Å². The van der Waals surface area contributed by atoms with Gasteiger partial charge in [-0.15, -0.1) is 0 Å². The molecule has 2 aromatic rings. The van der Waals surface area contributed by atoms with Crippen LogP contribution in [0.4, 0.5) is 5.69 Å². The molecule has 150 valence electrons. The number of benzene rings is 2. The zero-order valence-corrected chi connectivity index (χ0v) is 15.6. The minimum absolute atomic E-state index is 0.0910. The lowest BCUT2D eigenvalue weighted by Gasteiger charge is -2.25. The smallest absolute Gasteiger partial charge is 0.303 e. The van der Waals surface area contributed by atoms with E-state index in [-0.39, 0.29) is 18.5 Å². The highest BCUT2D eigenvalue weighted by atomic mass is 16.6. The fraction of sp³-hybridized carbons (Fsp3) is 0.200. The summed E-state index contributed by atoms with van der Waals surface area (Å²) in [7, 11) is 1.56. The van der Waals surface area contributed by atoms with Crippen molar-refractivity contribution in [2.45, 2.75) is 18.9 Å². The topological polar surface area (TPSA) is 122 Å². The van der Waals surface area contributed by atoms with E-state index in [4.69, 9.17) is 9.84 Å². The number of rotatable bonds is 7. The fourth-order valence-corrected chi connectivity index (χ4v) is 3.02. The van der Waals surface area contributed by atoms with Crippen molar-refractivity contribution in [3.05, 3.63) is 75.8 Å². The molecule has 3 rings (SSSR count). The van der Waals surface area contributed by atoms with Gasteiger partial charge < -0.3 is 9.84 Å². The average molecular weight is 397 g/mol. The van der Waals surface area contributed by atoms with Crippen molar-refractivity contribution in [2.75, 3.05) is 7.11 Å². The Balaban J connectivity index is 1.94. The number of nitrogens with zero attached hydrogens (tertiary/aromatic N) is 2. The Kier molecular flexibility index (Phi) is 5.77. The number of nitro groups is 1. The van der Waals surface area contributed by atoms with E-state index < -0.39 is 22.8 Å². The molecule has 0 spiro atoms. The molecule has 1 unspecified atom stereocenters. The van der Waals surface area contributed by atoms with Gasteiger partial charge in [0.05, 0.1) is 30.2 Å². The van der Waals surface area contributed by atoms with Crippen LogP contribution in [0.25, 0.3) is 5.70 Å². The van der Waals surface area contributed by atoms with Crippen molar-refractivity contribution in [1.82, 2.24) is 10.4 Å². The van der Waals surface area contributed by atoms with Crippen LogP contribution in [0.15, 0.2) is 54.6 Å². The predicted molar refractivity (Wildman–Crippen MR) is 104 cm³/mol. The van der Waals surface area contributed by atoms with Crippen molar-refractivity contribution in [1.29, 1.82) is 0 Å². The molecule has 1 aliphatic rings. The van der Waals surface area contributed by atoms with Gasteiger partial charge in [-0.25, -0.2) is 5.01 Å². The maximum absolute atomic E-state index is 12.6. The number of carbonyl (C=O) groups excluding carboxylic acids is 1. The van der Waals surface area contributed by atoms with E-state index in [1.54, 1.807) is 37.5 Å². The highest BCUT2D eigenvalue weighted by molar-refractivity contribution is 5.83. The van der Waals surface area contributed by atoms with Crippen LogP contribution < -0.4 is 10.2 Å². The number of amides is 1. The summed E-state index contributed by atoms with van der Waals surface area (Å²) >= 11 is 0. The molecule has 0 aromatic heterocycles. The zero-order valence-electron chi connectivity index (χ0n) is 15.6. The number of carbonyl (C=O) groups is 2. The normalized spacial score (nSPS) is 15.4. The number of hydrogen-bond donors (Lipinski definition) is 2. The van der Waals surface area contributed by atoms with Crippen LogP contribution in [0.2, 0.25) is 0 Å². The van der Waals surface area contributed by atoms with Crippen LogP contribution in [-0.4, -0.2) is 34.0 Å². The molecular formula is C20H19N3O6. The third kappa shape index (κ3) is 4.52. The first kappa shape index (κ1) is 19.9. The van der Waals surface area contributed by atoms with Crippen LogP contribution in [0.3, 0.4) is 0 Å². The summed E-state index contributed by atoms with van der Waals surface area (Å²) in [6.45, 7) is 0. The van der Waals surface area contributed by atoms with Gasteiger partial charge in [0, 0.05) is 18.6 Å². The number of ether oxygens (including phenoxy) is 1. The molecule has 1 amide bonds. The van der Waals surface area contributed by atoms with Crippen molar-refractivity contribution < 1.29 is 24.4 Å². The SMILES string of the molecule is COc1ccc(C2=CC(c3cccc([N+](=O)[O-])c3)N(C(=O)CCC(=O)O)N2)cc1. The Bertz CT molecular complexity index is 970. The summed E-state index contributed by atoms with van der Waals surface area (Å²) < 4.78 is 5.15. The number of hydrazine groups is 1. The highest BCUT2D eigenvalue weighted by Gasteiger charge is 2.31. The largest absolute Gasteiger partial charge is 0.497 e. The number of non-ortho nitro benzene ring substituents is 1. The lowest BCUT2D eigenvalue weighted by atomic mass is 10.0. The van der Waals surface area contributed by atoms with Crippen LogP contribution in [-0.2, 0) is 9.59 Å². The van der Waals surface area contributed by atoms with E-state index in [1.165, 1.54) is 17.1 Å². The quantitative estimate of drug-likeness (QED) is 0.544. The van der Waals surface area contributed by atoms with Crippen LogP contribution in [0.5, 0.6) is 5.75 Å². The lowest BCUT2D eigenvalue weighted by Crippen LogP contribution is -2.39. The van der Waals surface area contributed by atoms with Crippen molar-refractivity contribution in [2.24, 2.45) is 0 Å². The highest BCUT2D eigenvalue weighted by Crippen LogP contribution is 2.33. The summed E-state index contributed by atoms with van der Waals surface area (Å²) in [4.78, 5) is 34.1. The molecule has 0 aliphatic carbocycles. The third-order valence-electron chi connectivity index (χ3n) is 4.49. The van der Waals surface area contributed by atoms with Gasteiger partial charge in [0.15, 0.2) is 0 Å². The van der Waals surface area contributed by atoms with E-state index in [0.717, 1.165) is 5.56 Å². The standard InChI is InChI=1S/C20H19N3O6/c1-29-16-7-5-13(6-8-16)17-12-18(14-3-2-4-15(11-14)23(27)28)22(21-17)19(24)9-10-20(25)26/h2-8,11-12,18,21H,9-10H2,1H3,(H,25,26). The summed E-state index contributed by atoms with van der Waals surface area (Å²) in [5.74, 6) is -0.826. The van der Waals surface area contributed by atoms with Gasteiger partial charge in [-0.3, -0.25) is 25.1 Å². The fourth-order valence-electron chi connectivity index (χ4n) is 3.02. The summed E-state index contributed by atoms with van der Waals surface area (Å²) in [5, 5.41) is 21.3. The summed E-state index contributed by atoms with van der Waals surface area (Å²) in [6, 6.07) is 12.6. The van der Waals surface area contributed by atoms with E-state index in [9.17, 15) is 19.7 Å². The van der Waals surface area contributed by atoms with Gasteiger partial charge in [0.1, 0.15) is 5.75 Å². The minimum Gasteiger partial charge on any atom is -0.497 e. The average Bonchev–Trinajstić information content (AvgIpc) is 3.17. The molecule has 0 bridgehead atoms. The molecule has 1 heterocycles. The number of methoxy groups -OCH3 is 1. The third-order valence-corrected chi connectivity index (χ3v) is 4.49. The lowest BCUT2D eigenvalue weighted by molar-refractivity contribution is -0.384. The predicted octanol–water partition coefficient (Wildman–Crippen LogP) is 2.90. The molecule has 9 nitrogen and oxygen atoms in total. The maximum Gasteiger partial charge on any atom is 0.303 e. The molecule has 0 saturated carbocycles. The first-order valence-electron chi connectivity index (χ1n) is 8.80. The molecule has 29 heavy (non-hydrogen) atoms. The van der Waals surface area contributed by atoms with Crippen molar-refractivity contribution in [3.8, 4) is 5.75 Å². The second-order valence-corrected chi connectivity index (χ2v) is 6.38. The monoisotopic (exact) mass is 397 g/mol. The first-order valence-corrected chi connectivity index (χ1v) is 8.80. The molecule has 9 heteroatoms. The first-order chi connectivity index (χ1) is 13.9. The molecule has 2 aromatic carbocycles. The Morgan fingerprint density at radius 3 is 2.55 bits per heavy atom.